The monoisotopic (exact) mass is 292 g/mol. The third-order valence-electron chi connectivity index (χ3n) is 4.24. The minimum atomic E-state index is -0.251. The van der Waals surface area contributed by atoms with Crippen LogP contribution in [0.5, 0.6) is 0 Å². The van der Waals surface area contributed by atoms with Crippen LogP contribution in [0.3, 0.4) is 0 Å². The Morgan fingerprint density at radius 2 is 1.91 bits per heavy atom. The smallest absolute Gasteiger partial charge is 0.338 e. The van der Waals surface area contributed by atoms with Crippen LogP contribution >= 0.6 is 0 Å². The molecule has 0 atom stereocenters. The van der Waals surface area contributed by atoms with E-state index in [1.165, 1.54) is 22.3 Å². The Morgan fingerprint density at radius 3 is 2.73 bits per heavy atom. The lowest BCUT2D eigenvalue weighted by atomic mass is 9.83. The highest BCUT2D eigenvalue weighted by molar-refractivity contribution is 5.95. The van der Waals surface area contributed by atoms with Crippen LogP contribution in [0.25, 0.3) is 11.1 Å². The average molecular weight is 292 g/mol. The fourth-order valence-electron chi connectivity index (χ4n) is 3.12. The highest BCUT2D eigenvalue weighted by Gasteiger charge is 2.17. The maximum Gasteiger partial charge on any atom is 0.338 e. The first kappa shape index (κ1) is 14.6. The topological polar surface area (TPSA) is 26.3 Å². The van der Waals surface area contributed by atoms with E-state index in [9.17, 15) is 4.79 Å². The van der Waals surface area contributed by atoms with Gasteiger partial charge in [-0.15, -0.1) is 0 Å². The van der Waals surface area contributed by atoms with E-state index >= 15 is 0 Å². The molecule has 1 aliphatic rings. The van der Waals surface area contributed by atoms with E-state index < -0.39 is 0 Å². The first-order chi connectivity index (χ1) is 10.7. The molecule has 0 radical (unpaired) electrons. The zero-order valence-corrected chi connectivity index (χ0v) is 13.1. The molecule has 0 saturated carbocycles. The molecule has 1 aliphatic carbocycles. The lowest BCUT2D eigenvalue weighted by Gasteiger charge is -2.22. The number of hydrogen-bond donors (Lipinski definition) is 0. The standard InChI is InChI=1S/C20H20O2/c1-3-22-20(21)17-9-6-8-16(13-17)19-12-11-15-7-4-5-10-18(15)14(19)2/h4-10,13H,3,11-12H2,1-2H3. The number of allylic oxidation sites excluding steroid dienone is 2. The van der Waals surface area contributed by atoms with Crippen LogP contribution < -0.4 is 0 Å². The summed E-state index contributed by atoms with van der Waals surface area (Å²) in [5.41, 5.74) is 7.11. The van der Waals surface area contributed by atoms with E-state index in [1.54, 1.807) is 0 Å². The molecule has 0 fully saturated rings. The molecule has 0 aliphatic heterocycles. The van der Waals surface area contributed by atoms with Gasteiger partial charge in [0.2, 0.25) is 0 Å². The Labute approximate surface area is 131 Å². The lowest BCUT2D eigenvalue weighted by molar-refractivity contribution is 0.0526. The number of hydrogen-bond acceptors (Lipinski definition) is 2. The van der Waals surface area contributed by atoms with Crippen molar-refractivity contribution in [3.05, 3.63) is 70.8 Å². The Bertz CT molecular complexity index is 741. The summed E-state index contributed by atoms with van der Waals surface area (Å²) in [6, 6.07) is 16.3. The van der Waals surface area contributed by atoms with Crippen molar-refractivity contribution in [2.75, 3.05) is 6.61 Å². The summed E-state index contributed by atoms with van der Waals surface area (Å²) in [5, 5.41) is 0. The van der Waals surface area contributed by atoms with Crippen LogP contribution in [-0.4, -0.2) is 12.6 Å². The van der Waals surface area contributed by atoms with E-state index in [-0.39, 0.29) is 5.97 Å². The van der Waals surface area contributed by atoms with Gasteiger partial charge in [-0.3, -0.25) is 0 Å². The van der Waals surface area contributed by atoms with Crippen LogP contribution in [-0.2, 0) is 11.2 Å². The van der Waals surface area contributed by atoms with Gasteiger partial charge in [-0.2, -0.15) is 0 Å². The van der Waals surface area contributed by atoms with Gasteiger partial charge in [0.1, 0.15) is 0 Å². The summed E-state index contributed by atoms with van der Waals surface area (Å²) in [6.45, 7) is 4.40. The number of carbonyl (C=O) groups excluding carboxylic acids is 1. The second-order valence-electron chi connectivity index (χ2n) is 5.56. The number of benzene rings is 2. The number of rotatable bonds is 3. The molecule has 0 N–H and O–H groups in total. The van der Waals surface area contributed by atoms with E-state index in [0.717, 1.165) is 18.4 Å². The average Bonchev–Trinajstić information content (AvgIpc) is 2.56. The van der Waals surface area contributed by atoms with Gasteiger partial charge >= 0.3 is 5.97 Å². The molecular weight excluding hydrogens is 272 g/mol. The van der Waals surface area contributed by atoms with Crippen molar-refractivity contribution in [1.82, 2.24) is 0 Å². The van der Waals surface area contributed by atoms with Crippen molar-refractivity contribution in [3.8, 4) is 0 Å². The zero-order chi connectivity index (χ0) is 15.5. The highest BCUT2D eigenvalue weighted by atomic mass is 16.5. The van der Waals surface area contributed by atoms with Gasteiger partial charge in [-0.05, 0) is 66.7 Å². The van der Waals surface area contributed by atoms with Gasteiger partial charge in [0, 0.05) is 0 Å². The molecule has 0 heterocycles. The normalized spacial score (nSPS) is 13.7. The minimum absolute atomic E-state index is 0.251. The van der Waals surface area contributed by atoms with Crippen molar-refractivity contribution in [2.24, 2.45) is 0 Å². The van der Waals surface area contributed by atoms with Crippen LogP contribution in [0.4, 0.5) is 0 Å². The van der Waals surface area contributed by atoms with E-state index in [2.05, 4.69) is 37.3 Å². The molecule has 0 bridgehead atoms. The van der Waals surface area contributed by atoms with Gasteiger partial charge in [-0.1, -0.05) is 36.4 Å². The molecule has 112 valence electrons. The fourth-order valence-corrected chi connectivity index (χ4v) is 3.12. The third-order valence-corrected chi connectivity index (χ3v) is 4.24. The van der Waals surface area contributed by atoms with Crippen molar-refractivity contribution >= 4 is 17.1 Å². The molecule has 0 unspecified atom stereocenters. The van der Waals surface area contributed by atoms with Crippen LogP contribution in [0.2, 0.25) is 0 Å². The maximum absolute atomic E-state index is 11.9. The summed E-state index contributed by atoms with van der Waals surface area (Å²) in [4.78, 5) is 11.9. The molecule has 22 heavy (non-hydrogen) atoms. The van der Waals surface area contributed by atoms with E-state index in [4.69, 9.17) is 4.74 Å². The first-order valence-corrected chi connectivity index (χ1v) is 7.76. The first-order valence-electron chi connectivity index (χ1n) is 7.76. The molecular formula is C20H20O2. The SMILES string of the molecule is CCOC(=O)c1cccc(C2=C(C)c3ccccc3CC2)c1. The van der Waals surface area contributed by atoms with Crippen LogP contribution in [0.15, 0.2) is 48.5 Å². The molecule has 0 spiro atoms. The zero-order valence-electron chi connectivity index (χ0n) is 13.1. The maximum atomic E-state index is 11.9. The van der Waals surface area contributed by atoms with Crippen molar-refractivity contribution in [3.63, 3.8) is 0 Å². The summed E-state index contributed by atoms with van der Waals surface area (Å²) in [6.07, 6.45) is 2.06. The molecule has 2 heteroatoms. The number of carbonyl (C=O) groups is 1. The van der Waals surface area contributed by atoms with Crippen molar-refractivity contribution < 1.29 is 9.53 Å². The summed E-state index contributed by atoms with van der Waals surface area (Å²) < 4.78 is 5.10. The van der Waals surface area contributed by atoms with Crippen molar-refractivity contribution in [2.45, 2.75) is 26.7 Å². The number of aryl methyl sites for hydroxylation is 1. The second kappa shape index (κ2) is 6.18. The number of fused-ring (bicyclic) bond motifs is 1. The Balaban J connectivity index is 2.01. The molecule has 2 aromatic carbocycles. The van der Waals surface area contributed by atoms with Gasteiger partial charge < -0.3 is 4.74 Å². The van der Waals surface area contributed by atoms with Gasteiger partial charge in [0.15, 0.2) is 0 Å². The Morgan fingerprint density at radius 1 is 1.09 bits per heavy atom. The molecule has 0 aromatic heterocycles. The Kier molecular flexibility index (Phi) is 4.10. The predicted octanol–water partition coefficient (Wildman–Crippen LogP) is 4.74. The largest absolute Gasteiger partial charge is 0.462 e. The summed E-state index contributed by atoms with van der Waals surface area (Å²) in [5.74, 6) is -0.251. The summed E-state index contributed by atoms with van der Waals surface area (Å²) >= 11 is 0. The summed E-state index contributed by atoms with van der Waals surface area (Å²) in [7, 11) is 0. The number of ether oxygens (including phenoxy) is 1. The highest BCUT2D eigenvalue weighted by Crippen LogP contribution is 2.36. The lowest BCUT2D eigenvalue weighted by Crippen LogP contribution is -2.06. The van der Waals surface area contributed by atoms with E-state index in [0.29, 0.717) is 12.2 Å². The van der Waals surface area contributed by atoms with Gasteiger partial charge in [0.25, 0.3) is 0 Å². The van der Waals surface area contributed by atoms with Crippen LogP contribution in [0.1, 0.15) is 47.3 Å². The molecule has 2 aromatic rings. The second-order valence-corrected chi connectivity index (χ2v) is 5.56. The molecule has 3 rings (SSSR count). The third kappa shape index (κ3) is 2.69. The fraction of sp³-hybridized carbons (Fsp3) is 0.250. The molecule has 2 nitrogen and oxygen atoms in total. The van der Waals surface area contributed by atoms with Gasteiger partial charge in [0.05, 0.1) is 12.2 Å². The van der Waals surface area contributed by atoms with Gasteiger partial charge in [-0.25, -0.2) is 4.79 Å². The van der Waals surface area contributed by atoms with Crippen molar-refractivity contribution in [1.29, 1.82) is 0 Å². The quantitative estimate of drug-likeness (QED) is 0.764. The Hall–Kier alpha value is -2.35. The number of esters is 1. The molecule has 0 amide bonds. The van der Waals surface area contributed by atoms with Crippen LogP contribution in [0, 0.1) is 0 Å². The minimum Gasteiger partial charge on any atom is -0.462 e. The van der Waals surface area contributed by atoms with E-state index in [1.807, 2.05) is 25.1 Å². The predicted molar refractivity (Wildman–Crippen MR) is 89.6 cm³/mol. The molecule has 0 saturated heterocycles.